The first kappa shape index (κ1) is 18.1. The normalized spacial score (nSPS) is 12.3. The predicted octanol–water partition coefficient (Wildman–Crippen LogP) is 0.645. The smallest absolute Gasteiger partial charge is 0.257 e. The Kier molecular flexibility index (Phi) is 6.79. The van der Waals surface area contributed by atoms with Crippen molar-refractivity contribution in [3.05, 3.63) is 11.4 Å². The quantitative estimate of drug-likeness (QED) is 0.516. The third kappa shape index (κ3) is 5.06. The summed E-state index contributed by atoms with van der Waals surface area (Å²) in [5.74, 6) is 0. The van der Waals surface area contributed by atoms with Crippen molar-refractivity contribution in [1.82, 2.24) is 24.9 Å². The standard InChI is InChI=1S/C13H27N5O2S/c1-6-8-14-9-7-10-18-12(3)13(11(2)15-18)21(19,20)16-17(4)5/h14,16H,6-10H2,1-5H3. The zero-order valence-electron chi connectivity index (χ0n) is 13.6. The van der Waals surface area contributed by atoms with E-state index in [0.29, 0.717) is 17.9 Å². The number of nitrogens with one attached hydrogen (secondary N) is 2. The van der Waals surface area contributed by atoms with Gasteiger partial charge in [0.25, 0.3) is 10.0 Å². The minimum absolute atomic E-state index is 0.276. The maximum Gasteiger partial charge on any atom is 0.257 e. The molecule has 0 atom stereocenters. The molecule has 0 radical (unpaired) electrons. The van der Waals surface area contributed by atoms with Crippen LogP contribution in [0.5, 0.6) is 0 Å². The number of hydrogen-bond acceptors (Lipinski definition) is 5. The number of hydrogen-bond donors (Lipinski definition) is 2. The zero-order chi connectivity index (χ0) is 16.0. The average Bonchev–Trinajstić information content (AvgIpc) is 2.63. The highest BCUT2D eigenvalue weighted by Gasteiger charge is 2.24. The van der Waals surface area contributed by atoms with Gasteiger partial charge in [0.2, 0.25) is 0 Å². The van der Waals surface area contributed by atoms with Crippen LogP contribution in [-0.2, 0) is 16.6 Å². The summed E-state index contributed by atoms with van der Waals surface area (Å²) < 4.78 is 26.4. The lowest BCUT2D eigenvalue weighted by molar-refractivity contribution is 0.363. The minimum Gasteiger partial charge on any atom is -0.317 e. The van der Waals surface area contributed by atoms with Crippen LogP contribution in [0.4, 0.5) is 0 Å². The topological polar surface area (TPSA) is 79.3 Å². The Morgan fingerprint density at radius 3 is 2.48 bits per heavy atom. The summed E-state index contributed by atoms with van der Waals surface area (Å²) in [6.07, 6.45) is 2.03. The second kappa shape index (κ2) is 7.88. The van der Waals surface area contributed by atoms with E-state index in [1.54, 1.807) is 32.6 Å². The summed E-state index contributed by atoms with van der Waals surface area (Å²) >= 11 is 0. The molecule has 0 aliphatic heterocycles. The zero-order valence-corrected chi connectivity index (χ0v) is 14.4. The molecular weight excluding hydrogens is 290 g/mol. The van der Waals surface area contributed by atoms with E-state index in [-0.39, 0.29) is 4.90 Å². The monoisotopic (exact) mass is 317 g/mol. The summed E-state index contributed by atoms with van der Waals surface area (Å²) in [5, 5.41) is 9.09. The van der Waals surface area contributed by atoms with E-state index in [1.165, 1.54) is 5.01 Å². The number of aryl methyl sites for hydroxylation is 2. The molecule has 0 aliphatic carbocycles. The molecule has 0 saturated heterocycles. The van der Waals surface area contributed by atoms with Crippen LogP contribution in [0.3, 0.4) is 0 Å². The Balaban J connectivity index is 2.81. The molecule has 1 aromatic rings. The van der Waals surface area contributed by atoms with Crippen molar-refractivity contribution in [2.24, 2.45) is 0 Å². The van der Waals surface area contributed by atoms with Gasteiger partial charge in [0.15, 0.2) is 0 Å². The van der Waals surface area contributed by atoms with E-state index in [9.17, 15) is 8.42 Å². The first-order chi connectivity index (χ1) is 9.79. The molecule has 0 spiro atoms. The molecule has 1 rings (SSSR count). The molecule has 0 unspecified atom stereocenters. The largest absolute Gasteiger partial charge is 0.317 e. The van der Waals surface area contributed by atoms with Crippen LogP contribution in [0.2, 0.25) is 0 Å². The van der Waals surface area contributed by atoms with Crippen molar-refractivity contribution < 1.29 is 8.42 Å². The van der Waals surface area contributed by atoms with Crippen LogP contribution < -0.4 is 10.1 Å². The second-order valence-electron chi connectivity index (χ2n) is 5.32. The molecule has 0 bridgehead atoms. The van der Waals surface area contributed by atoms with Crippen LogP contribution in [0.1, 0.15) is 31.2 Å². The Labute approximate surface area is 127 Å². The summed E-state index contributed by atoms with van der Waals surface area (Å²) in [6, 6.07) is 0. The maximum absolute atomic E-state index is 12.3. The lowest BCUT2D eigenvalue weighted by Crippen LogP contribution is -2.36. The van der Waals surface area contributed by atoms with Gasteiger partial charge in [-0.05, 0) is 39.8 Å². The number of sulfonamides is 1. The summed E-state index contributed by atoms with van der Waals surface area (Å²) in [7, 11) is -0.273. The van der Waals surface area contributed by atoms with Crippen molar-refractivity contribution in [2.75, 3.05) is 27.2 Å². The highest BCUT2D eigenvalue weighted by atomic mass is 32.2. The molecule has 21 heavy (non-hydrogen) atoms. The van der Waals surface area contributed by atoms with E-state index in [2.05, 4.69) is 22.2 Å². The fourth-order valence-corrected chi connectivity index (χ4v) is 3.72. The Bertz CT molecular complexity index is 551. The predicted molar refractivity (Wildman–Crippen MR) is 83.5 cm³/mol. The van der Waals surface area contributed by atoms with Gasteiger partial charge in [0.05, 0.1) is 11.4 Å². The van der Waals surface area contributed by atoms with Crippen molar-refractivity contribution in [3.63, 3.8) is 0 Å². The van der Waals surface area contributed by atoms with Crippen LogP contribution in [0.25, 0.3) is 0 Å². The minimum atomic E-state index is -3.56. The molecule has 122 valence electrons. The lowest BCUT2D eigenvalue weighted by Gasteiger charge is -2.12. The Morgan fingerprint density at radius 1 is 1.24 bits per heavy atom. The Morgan fingerprint density at radius 2 is 1.90 bits per heavy atom. The van der Waals surface area contributed by atoms with E-state index >= 15 is 0 Å². The van der Waals surface area contributed by atoms with Gasteiger partial charge in [-0.1, -0.05) is 6.92 Å². The van der Waals surface area contributed by atoms with Crippen LogP contribution in [0.15, 0.2) is 4.90 Å². The van der Waals surface area contributed by atoms with Gasteiger partial charge in [-0.3, -0.25) is 4.68 Å². The van der Waals surface area contributed by atoms with Crippen molar-refractivity contribution >= 4 is 10.0 Å². The molecular formula is C13H27N5O2S. The first-order valence-corrected chi connectivity index (χ1v) is 8.72. The number of hydrazine groups is 1. The fourth-order valence-electron chi connectivity index (χ4n) is 2.23. The molecule has 1 aromatic heterocycles. The number of aromatic nitrogens is 2. The van der Waals surface area contributed by atoms with Gasteiger partial charge in [0, 0.05) is 20.6 Å². The molecule has 0 fully saturated rings. The SMILES string of the molecule is CCCNCCCn1nc(C)c(S(=O)(=O)NN(C)C)c1C. The lowest BCUT2D eigenvalue weighted by atomic mass is 10.3. The van der Waals surface area contributed by atoms with E-state index in [4.69, 9.17) is 0 Å². The van der Waals surface area contributed by atoms with Crippen LogP contribution in [-0.4, -0.2) is 50.4 Å². The van der Waals surface area contributed by atoms with Gasteiger partial charge in [-0.2, -0.15) is 5.10 Å². The van der Waals surface area contributed by atoms with E-state index < -0.39 is 10.0 Å². The third-order valence-corrected chi connectivity index (χ3v) is 4.77. The average molecular weight is 317 g/mol. The fraction of sp³-hybridized carbons (Fsp3) is 0.769. The molecule has 7 nitrogen and oxygen atoms in total. The highest BCUT2D eigenvalue weighted by Crippen LogP contribution is 2.19. The number of rotatable bonds is 9. The van der Waals surface area contributed by atoms with Gasteiger partial charge >= 0.3 is 0 Å². The van der Waals surface area contributed by atoms with Crippen LogP contribution >= 0.6 is 0 Å². The van der Waals surface area contributed by atoms with Crippen LogP contribution in [0, 0.1) is 13.8 Å². The Hall–Kier alpha value is -0.960. The molecule has 0 aliphatic rings. The van der Waals surface area contributed by atoms with Gasteiger partial charge < -0.3 is 5.32 Å². The molecule has 0 saturated carbocycles. The van der Waals surface area contributed by atoms with Crippen molar-refractivity contribution in [3.8, 4) is 0 Å². The molecule has 2 N–H and O–H groups in total. The molecule has 1 heterocycles. The summed E-state index contributed by atoms with van der Waals surface area (Å²) in [4.78, 5) is 2.73. The van der Waals surface area contributed by atoms with Crippen molar-refractivity contribution in [1.29, 1.82) is 0 Å². The first-order valence-electron chi connectivity index (χ1n) is 7.24. The van der Waals surface area contributed by atoms with Gasteiger partial charge in [-0.25, -0.2) is 13.4 Å². The third-order valence-electron chi connectivity index (χ3n) is 3.04. The van der Waals surface area contributed by atoms with Crippen molar-refractivity contribution in [2.45, 2.75) is 45.1 Å². The maximum atomic E-state index is 12.3. The van der Waals surface area contributed by atoms with Gasteiger partial charge in [0.1, 0.15) is 4.90 Å². The molecule has 0 aromatic carbocycles. The second-order valence-corrected chi connectivity index (χ2v) is 6.91. The van der Waals surface area contributed by atoms with E-state index in [0.717, 1.165) is 25.9 Å². The van der Waals surface area contributed by atoms with E-state index in [1.807, 2.05) is 0 Å². The van der Waals surface area contributed by atoms with Gasteiger partial charge in [-0.15, -0.1) is 4.83 Å². The summed E-state index contributed by atoms with van der Waals surface area (Å²) in [6.45, 7) is 8.27. The number of nitrogens with zero attached hydrogens (tertiary/aromatic N) is 3. The summed E-state index contributed by atoms with van der Waals surface area (Å²) in [5.41, 5.74) is 1.21. The molecule has 0 amide bonds. The molecule has 8 heteroatoms. The highest BCUT2D eigenvalue weighted by molar-refractivity contribution is 7.89.